The summed E-state index contributed by atoms with van der Waals surface area (Å²) in [6.07, 6.45) is 4.83. The Balaban J connectivity index is 1.17. The van der Waals surface area contributed by atoms with Gasteiger partial charge in [0.05, 0.1) is 11.0 Å². The molecule has 6 rings (SSSR count). The van der Waals surface area contributed by atoms with Gasteiger partial charge in [-0.15, -0.1) is 0 Å². The van der Waals surface area contributed by atoms with Crippen LogP contribution in [0.2, 0.25) is 0 Å². The molecule has 0 aliphatic carbocycles. The highest BCUT2D eigenvalue weighted by Crippen LogP contribution is 2.34. The minimum atomic E-state index is 0.203. The van der Waals surface area contributed by atoms with Crippen molar-refractivity contribution in [3.05, 3.63) is 48.4 Å². The van der Waals surface area contributed by atoms with Gasteiger partial charge in [-0.25, -0.2) is 4.98 Å². The van der Waals surface area contributed by atoms with Crippen LogP contribution < -0.4 is 4.74 Å². The molecule has 1 aromatic carbocycles. The van der Waals surface area contributed by atoms with Crippen molar-refractivity contribution in [3.8, 4) is 10.9 Å². The highest BCUT2D eigenvalue weighted by Gasteiger charge is 2.35. The number of carbonyl (C=O) groups excluding carboxylic acids is 1. The van der Waals surface area contributed by atoms with E-state index in [0.717, 1.165) is 48.4 Å². The number of benzene rings is 1. The summed E-state index contributed by atoms with van der Waals surface area (Å²) in [5, 5.41) is 1.69. The van der Waals surface area contributed by atoms with Crippen LogP contribution >= 0.6 is 11.3 Å². The first-order valence-electron chi connectivity index (χ1n) is 11.0. The van der Waals surface area contributed by atoms with Crippen LogP contribution in [0.15, 0.2) is 47.2 Å². The molecule has 2 atom stereocenters. The number of carbonyl (C=O) groups is 1. The second-order valence-electron chi connectivity index (χ2n) is 8.91. The average Bonchev–Trinajstić information content (AvgIpc) is 3.36. The Kier molecular flexibility index (Phi) is 4.84. The van der Waals surface area contributed by atoms with E-state index in [4.69, 9.17) is 9.15 Å². The Labute approximate surface area is 189 Å². The molecule has 0 N–H and O–H groups in total. The number of rotatable bonds is 4. The van der Waals surface area contributed by atoms with Crippen molar-refractivity contribution in [2.24, 2.45) is 11.8 Å². The largest absolute Gasteiger partial charge is 0.464 e. The number of amides is 1. The summed E-state index contributed by atoms with van der Waals surface area (Å²) in [4.78, 5) is 25.0. The van der Waals surface area contributed by atoms with Crippen LogP contribution in [0.5, 0.6) is 10.9 Å². The van der Waals surface area contributed by atoms with E-state index in [0.29, 0.717) is 28.4 Å². The van der Waals surface area contributed by atoms with E-state index >= 15 is 0 Å². The quantitative estimate of drug-likeness (QED) is 0.457. The second kappa shape index (κ2) is 7.86. The molecule has 32 heavy (non-hydrogen) atoms. The lowest BCUT2D eigenvalue weighted by Gasteiger charge is -2.45. The Morgan fingerprint density at radius 1 is 1.22 bits per heavy atom. The second-order valence-corrected chi connectivity index (χ2v) is 9.90. The summed E-state index contributed by atoms with van der Waals surface area (Å²) < 4.78 is 12.9. The summed E-state index contributed by atoms with van der Waals surface area (Å²) in [5.74, 6) is 2.03. The lowest BCUT2D eigenvalue weighted by molar-refractivity contribution is -0.133. The third-order valence-corrected chi connectivity index (χ3v) is 7.36. The molecule has 0 spiro atoms. The highest BCUT2D eigenvalue weighted by molar-refractivity contribution is 7.20. The van der Waals surface area contributed by atoms with Crippen LogP contribution in [0.3, 0.4) is 0 Å². The van der Waals surface area contributed by atoms with E-state index in [2.05, 4.69) is 20.9 Å². The summed E-state index contributed by atoms with van der Waals surface area (Å²) >= 11 is 1.48. The monoisotopic (exact) mass is 448 g/mol. The highest BCUT2D eigenvalue weighted by atomic mass is 32.1. The molecule has 1 amide bonds. The Bertz CT molecular complexity index is 1250. The number of hydrogen-bond donors (Lipinski definition) is 0. The van der Waals surface area contributed by atoms with E-state index in [1.807, 2.05) is 35.4 Å². The third-order valence-electron chi connectivity index (χ3n) is 6.47. The van der Waals surface area contributed by atoms with Crippen molar-refractivity contribution >= 4 is 38.6 Å². The summed E-state index contributed by atoms with van der Waals surface area (Å²) in [5.41, 5.74) is 2.71. The van der Waals surface area contributed by atoms with Crippen LogP contribution in [-0.2, 0) is 11.3 Å². The molecule has 2 aliphatic rings. The van der Waals surface area contributed by atoms with E-state index in [1.165, 1.54) is 23.3 Å². The molecule has 4 aromatic rings. The lowest BCUT2D eigenvalue weighted by atomic mass is 9.84. The van der Waals surface area contributed by atoms with Crippen molar-refractivity contribution in [2.75, 3.05) is 26.2 Å². The van der Waals surface area contributed by atoms with E-state index < -0.39 is 0 Å². The number of fused-ring (bicyclic) bond motifs is 4. The fraction of sp³-hybridized carbons (Fsp3) is 0.375. The molecule has 2 fully saturated rings. The van der Waals surface area contributed by atoms with E-state index in [-0.39, 0.29) is 5.91 Å². The fourth-order valence-electron chi connectivity index (χ4n) is 5.16. The maximum atomic E-state index is 11.8. The van der Waals surface area contributed by atoms with Gasteiger partial charge in [-0.1, -0.05) is 11.3 Å². The van der Waals surface area contributed by atoms with Crippen LogP contribution in [0.1, 0.15) is 18.9 Å². The number of ether oxygens (including phenoxy) is 1. The van der Waals surface area contributed by atoms with Gasteiger partial charge in [0.2, 0.25) is 5.91 Å². The lowest BCUT2D eigenvalue weighted by Crippen LogP contribution is -2.53. The van der Waals surface area contributed by atoms with Crippen molar-refractivity contribution in [3.63, 3.8) is 0 Å². The first kappa shape index (κ1) is 19.7. The van der Waals surface area contributed by atoms with Gasteiger partial charge in [-0.3, -0.25) is 9.69 Å². The summed E-state index contributed by atoms with van der Waals surface area (Å²) in [7, 11) is 0. The first-order valence-corrected chi connectivity index (χ1v) is 11.8. The molecule has 3 aromatic heterocycles. The normalized spacial score (nSPS) is 21.3. The average molecular weight is 449 g/mol. The topological polar surface area (TPSA) is 71.7 Å². The molecule has 8 heteroatoms. The third kappa shape index (κ3) is 3.73. The maximum absolute atomic E-state index is 11.8. The molecule has 2 aliphatic heterocycles. The number of hydrogen-bond acceptors (Lipinski definition) is 7. The van der Waals surface area contributed by atoms with Crippen molar-refractivity contribution in [1.82, 2.24) is 19.8 Å². The molecule has 2 bridgehead atoms. The zero-order chi connectivity index (χ0) is 21.7. The first-order chi connectivity index (χ1) is 15.6. The van der Waals surface area contributed by atoms with Crippen LogP contribution in [-0.4, -0.2) is 51.9 Å². The predicted molar refractivity (Wildman–Crippen MR) is 123 cm³/mol. The van der Waals surface area contributed by atoms with Gasteiger partial charge in [0.25, 0.3) is 5.19 Å². The molecule has 0 saturated carbocycles. The van der Waals surface area contributed by atoms with Gasteiger partial charge in [-0.2, -0.15) is 4.98 Å². The SMILES string of the molecule is CC(=O)N1CC2CC(CN(Cc3coc4cc(Oc5nc6ncccc6s5)ccc34)C2)C1. The number of aromatic nitrogens is 2. The fourth-order valence-corrected chi connectivity index (χ4v) is 5.95. The van der Waals surface area contributed by atoms with Crippen molar-refractivity contribution in [2.45, 2.75) is 19.9 Å². The maximum Gasteiger partial charge on any atom is 0.281 e. The number of piperidine rings is 2. The number of furan rings is 1. The summed E-state index contributed by atoms with van der Waals surface area (Å²) in [6, 6.07) is 9.85. The van der Waals surface area contributed by atoms with Gasteiger partial charge < -0.3 is 14.1 Å². The van der Waals surface area contributed by atoms with Crippen LogP contribution in [0.25, 0.3) is 21.3 Å². The van der Waals surface area contributed by atoms with Gasteiger partial charge in [0, 0.05) is 62.9 Å². The molecule has 2 unspecified atom stereocenters. The van der Waals surface area contributed by atoms with Gasteiger partial charge >= 0.3 is 0 Å². The van der Waals surface area contributed by atoms with Gasteiger partial charge in [0.1, 0.15) is 11.3 Å². The Morgan fingerprint density at radius 2 is 2.06 bits per heavy atom. The number of pyridine rings is 1. The van der Waals surface area contributed by atoms with Crippen LogP contribution in [0, 0.1) is 11.8 Å². The smallest absolute Gasteiger partial charge is 0.281 e. The zero-order valence-corrected chi connectivity index (χ0v) is 18.7. The molecule has 7 nitrogen and oxygen atoms in total. The van der Waals surface area contributed by atoms with E-state index in [1.54, 1.807) is 13.1 Å². The molecule has 5 heterocycles. The van der Waals surface area contributed by atoms with Crippen molar-refractivity contribution in [1.29, 1.82) is 0 Å². The van der Waals surface area contributed by atoms with Gasteiger partial charge in [-0.05, 0) is 42.5 Å². The molecular formula is C24H24N4O3S. The zero-order valence-electron chi connectivity index (χ0n) is 17.9. The number of nitrogens with zero attached hydrogens (tertiary/aromatic N) is 4. The molecule has 0 radical (unpaired) electrons. The minimum absolute atomic E-state index is 0.203. The molecular weight excluding hydrogens is 424 g/mol. The predicted octanol–water partition coefficient (Wildman–Crippen LogP) is 4.53. The van der Waals surface area contributed by atoms with Crippen molar-refractivity contribution < 1.29 is 13.9 Å². The van der Waals surface area contributed by atoms with E-state index in [9.17, 15) is 4.79 Å². The summed E-state index contributed by atoms with van der Waals surface area (Å²) in [6.45, 7) is 6.37. The Morgan fingerprint density at radius 3 is 2.84 bits per heavy atom. The number of likely N-dealkylation sites (tertiary alicyclic amines) is 2. The van der Waals surface area contributed by atoms with Crippen LogP contribution in [0.4, 0.5) is 0 Å². The molecule has 2 saturated heterocycles. The number of thiazole rings is 1. The van der Waals surface area contributed by atoms with Gasteiger partial charge in [0.15, 0.2) is 5.65 Å². The molecule has 164 valence electrons. The minimum Gasteiger partial charge on any atom is -0.464 e. The standard InChI is InChI=1S/C24H24N4O3S/c1-15(29)28-11-16-7-17(12-28)10-27(9-16)13-18-14-30-21-8-19(4-5-20(18)21)31-24-26-23-22(32-24)3-2-6-25-23/h2-6,8,14,16-17H,7,9-13H2,1H3. The Hall–Kier alpha value is -2.97.